The molecule has 0 radical (unpaired) electrons. The summed E-state index contributed by atoms with van der Waals surface area (Å²) in [7, 11) is 0. The van der Waals surface area contributed by atoms with Crippen LogP contribution >= 0.6 is 0 Å². The smallest absolute Gasteiger partial charge is 0.339 e. The molecule has 10 nitrogen and oxygen atoms in total. The molecule has 2 N–H and O–H groups in total. The van der Waals surface area contributed by atoms with Gasteiger partial charge in [-0.05, 0) is 56.2 Å². The van der Waals surface area contributed by atoms with Crippen molar-refractivity contribution in [1.82, 2.24) is 0 Å². The zero-order valence-electron chi connectivity index (χ0n) is 19.2. The first-order chi connectivity index (χ1) is 16.2. The van der Waals surface area contributed by atoms with E-state index >= 15 is 0 Å². The highest BCUT2D eigenvalue weighted by atomic mass is 16.6. The van der Waals surface area contributed by atoms with Crippen LogP contribution in [0.5, 0.6) is 0 Å². The van der Waals surface area contributed by atoms with Crippen LogP contribution in [0, 0.1) is 10.1 Å². The molecule has 1 heterocycles. The van der Waals surface area contributed by atoms with Gasteiger partial charge in [-0.15, -0.1) is 0 Å². The molecule has 0 saturated carbocycles. The molecule has 1 aliphatic heterocycles. The predicted octanol–water partition coefficient (Wildman–Crippen LogP) is 4.12. The van der Waals surface area contributed by atoms with Gasteiger partial charge in [-0.2, -0.15) is 0 Å². The second-order valence-electron chi connectivity index (χ2n) is 8.16. The molecule has 180 valence electrons. The van der Waals surface area contributed by atoms with Crippen LogP contribution in [0.2, 0.25) is 0 Å². The first-order valence-electron chi connectivity index (χ1n) is 11.2. The lowest BCUT2D eigenvalue weighted by Gasteiger charge is -2.22. The predicted molar refractivity (Wildman–Crippen MR) is 128 cm³/mol. The maximum absolute atomic E-state index is 12.6. The summed E-state index contributed by atoms with van der Waals surface area (Å²) in [5.41, 5.74) is 1.36. The number of ether oxygens (including phenoxy) is 1. The standard InChI is InChI=1S/C24H28N4O6/c1-16(23(30)26-20-10-8-19(9-11-20)25-17(2)29)34-24(31)18-7-12-21(22(15-18)28(32)33)27-13-5-3-4-6-14-27/h7-12,15-16H,3-6,13-14H2,1-2H3,(H,25,29)(H,26,30). The van der Waals surface area contributed by atoms with Gasteiger partial charge in [-0.1, -0.05) is 12.8 Å². The van der Waals surface area contributed by atoms with Gasteiger partial charge in [0, 0.05) is 37.5 Å². The monoisotopic (exact) mass is 468 g/mol. The number of hydrogen-bond acceptors (Lipinski definition) is 7. The van der Waals surface area contributed by atoms with Crippen molar-refractivity contribution in [3.05, 3.63) is 58.1 Å². The lowest BCUT2D eigenvalue weighted by molar-refractivity contribution is -0.384. The van der Waals surface area contributed by atoms with E-state index in [1.807, 2.05) is 4.90 Å². The molecule has 0 aliphatic carbocycles. The summed E-state index contributed by atoms with van der Waals surface area (Å²) in [6.07, 6.45) is 2.97. The van der Waals surface area contributed by atoms with E-state index < -0.39 is 22.9 Å². The zero-order chi connectivity index (χ0) is 24.7. The lowest BCUT2D eigenvalue weighted by Crippen LogP contribution is -2.30. The molecule has 2 aromatic carbocycles. The first-order valence-corrected chi connectivity index (χ1v) is 11.2. The lowest BCUT2D eigenvalue weighted by atomic mass is 10.1. The summed E-state index contributed by atoms with van der Waals surface area (Å²) in [6, 6.07) is 10.7. The summed E-state index contributed by atoms with van der Waals surface area (Å²) in [5.74, 6) is -1.59. The fourth-order valence-electron chi connectivity index (χ4n) is 3.74. The largest absolute Gasteiger partial charge is 0.449 e. The third-order valence-corrected chi connectivity index (χ3v) is 5.48. The Morgan fingerprint density at radius 2 is 1.56 bits per heavy atom. The maximum Gasteiger partial charge on any atom is 0.339 e. The van der Waals surface area contributed by atoms with Crippen molar-refractivity contribution < 1.29 is 24.0 Å². The van der Waals surface area contributed by atoms with Gasteiger partial charge in [-0.3, -0.25) is 19.7 Å². The van der Waals surface area contributed by atoms with Crippen molar-refractivity contribution in [3.63, 3.8) is 0 Å². The number of esters is 1. The molecule has 1 unspecified atom stereocenters. The van der Waals surface area contributed by atoms with Crippen LogP contribution in [0.15, 0.2) is 42.5 Å². The van der Waals surface area contributed by atoms with Gasteiger partial charge in [0.15, 0.2) is 6.10 Å². The van der Waals surface area contributed by atoms with E-state index in [9.17, 15) is 24.5 Å². The summed E-state index contributed by atoms with van der Waals surface area (Å²) in [5, 5.41) is 16.9. The average Bonchev–Trinajstić information content (AvgIpc) is 3.09. The van der Waals surface area contributed by atoms with Crippen LogP contribution in [-0.4, -0.2) is 41.9 Å². The zero-order valence-corrected chi connectivity index (χ0v) is 19.2. The average molecular weight is 469 g/mol. The van der Waals surface area contributed by atoms with E-state index in [0.29, 0.717) is 17.1 Å². The van der Waals surface area contributed by atoms with Crippen molar-refractivity contribution in [1.29, 1.82) is 0 Å². The Morgan fingerprint density at radius 1 is 0.971 bits per heavy atom. The van der Waals surface area contributed by atoms with Gasteiger partial charge >= 0.3 is 5.97 Å². The number of nitro groups is 1. The molecule has 34 heavy (non-hydrogen) atoms. The topological polar surface area (TPSA) is 131 Å². The molecule has 1 saturated heterocycles. The van der Waals surface area contributed by atoms with E-state index in [1.165, 1.54) is 26.0 Å². The van der Waals surface area contributed by atoms with Crippen LogP contribution in [-0.2, 0) is 14.3 Å². The van der Waals surface area contributed by atoms with Gasteiger partial charge in [0.1, 0.15) is 5.69 Å². The number of amides is 2. The van der Waals surface area contributed by atoms with E-state index in [-0.39, 0.29) is 17.2 Å². The molecular formula is C24H28N4O6. The second-order valence-corrected chi connectivity index (χ2v) is 8.16. The fourth-order valence-corrected chi connectivity index (χ4v) is 3.74. The molecule has 0 spiro atoms. The van der Waals surface area contributed by atoms with Crippen LogP contribution in [0.3, 0.4) is 0 Å². The number of rotatable bonds is 7. The van der Waals surface area contributed by atoms with E-state index in [4.69, 9.17) is 4.74 Å². The molecule has 10 heteroatoms. The molecule has 1 fully saturated rings. The highest BCUT2D eigenvalue weighted by Crippen LogP contribution is 2.31. The van der Waals surface area contributed by atoms with Gasteiger partial charge < -0.3 is 20.3 Å². The maximum atomic E-state index is 12.6. The van der Waals surface area contributed by atoms with Gasteiger partial charge in [-0.25, -0.2) is 4.79 Å². The van der Waals surface area contributed by atoms with Crippen molar-refractivity contribution in [2.75, 3.05) is 28.6 Å². The number of nitrogens with zero attached hydrogens (tertiary/aromatic N) is 2. The van der Waals surface area contributed by atoms with Gasteiger partial charge in [0.2, 0.25) is 5.91 Å². The Balaban J connectivity index is 1.65. The number of carbonyl (C=O) groups excluding carboxylic acids is 3. The minimum Gasteiger partial charge on any atom is -0.449 e. The van der Waals surface area contributed by atoms with Gasteiger partial charge in [0.05, 0.1) is 10.5 Å². The number of carbonyl (C=O) groups is 3. The minimum atomic E-state index is -1.13. The fraction of sp³-hybridized carbons (Fsp3) is 0.375. The molecule has 1 atom stereocenters. The molecule has 2 aromatic rings. The summed E-state index contributed by atoms with van der Waals surface area (Å²) >= 11 is 0. The molecule has 2 amide bonds. The normalized spacial score (nSPS) is 14.5. The third-order valence-electron chi connectivity index (χ3n) is 5.48. The summed E-state index contributed by atoms with van der Waals surface area (Å²) in [6.45, 7) is 4.27. The number of hydrogen-bond donors (Lipinski definition) is 2. The van der Waals surface area contributed by atoms with Crippen LogP contribution in [0.1, 0.15) is 49.9 Å². The van der Waals surface area contributed by atoms with E-state index in [1.54, 1.807) is 30.3 Å². The molecule has 0 bridgehead atoms. The number of nitrogens with one attached hydrogen (secondary N) is 2. The first kappa shape index (κ1) is 24.7. The molecule has 1 aliphatic rings. The highest BCUT2D eigenvalue weighted by molar-refractivity contribution is 5.98. The quantitative estimate of drug-likeness (QED) is 0.355. The van der Waals surface area contributed by atoms with Crippen LogP contribution in [0.25, 0.3) is 0 Å². The summed E-state index contributed by atoms with van der Waals surface area (Å²) in [4.78, 5) is 49.3. The molecule has 0 aromatic heterocycles. The van der Waals surface area contributed by atoms with Gasteiger partial charge in [0.25, 0.3) is 11.6 Å². The Bertz CT molecular complexity index is 1060. The van der Waals surface area contributed by atoms with Crippen LogP contribution in [0.4, 0.5) is 22.7 Å². The van der Waals surface area contributed by atoms with Crippen molar-refractivity contribution in [2.24, 2.45) is 0 Å². The second kappa shape index (κ2) is 11.3. The third kappa shape index (κ3) is 6.53. The van der Waals surface area contributed by atoms with E-state index in [0.717, 1.165) is 38.8 Å². The molecular weight excluding hydrogens is 440 g/mol. The van der Waals surface area contributed by atoms with Crippen molar-refractivity contribution >= 4 is 40.5 Å². The minimum absolute atomic E-state index is 0.00424. The SMILES string of the molecule is CC(=O)Nc1ccc(NC(=O)C(C)OC(=O)c2ccc(N3CCCCCC3)c([N+](=O)[O-])c2)cc1. The number of anilines is 3. The van der Waals surface area contributed by atoms with Crippen LogP contribution < -0.4 is 15.5 Å². The highest BCUT2D eigenvalue weighted by Gasteiger charge is 2.25. The summed E-state index contributed by atoms with van der Waals surface area (Å²) < 4.78 is 5.24. The Kier molecular flexibility index (Phi) is 8.18. The van der Waals surface area contributed by atoms with E-state index in [2.05, 4.69) is 10.6 Å². The van der Waals surface area contributed by atoms with Crippen molar-refractivity contribution in [2.45, 2.75) is 45.6 Å². The molecule has 3 rings (SSSR count). The number of nitro benzene ring substituents is 1. The Labute approximate surface area is 197 Å². The Hall–Kier alpha value is -3.95. The number of benzene rings is 2. The van der Waals surface area contributed by atoms with Crippen molar-refractivity contribution in [3.8, 4) is 0 Å². The Morgan fingerprint density at radius 3 is 2.12 bits per heavy atom.